The summed E-state index contributed by atoms with van der Waals surface area (Å²) < 4.78 is 1.55. The Morgan fingerprint density at radius 3 is 1.64 bits per heavy atom. The van der Waals surface area contributed by atoms with Crippen molar-refractivity contribution in [2.45, 2.75) is 75.3 Å². The van der Waals surface area contributed by atoms with Crippen LogP contribution in [0.15, 0.2) is 0 Å². The van der Waals surface area contributed by atoms with Crippen LogP contribution in [0.25, 0.3) is 0 Å². The van der Waals surface area contributed by atoms with Crippen molar-refractivity contribution in [3.8, 4) is 0 Å². The van der Waals surface area contributed by atoms with Crippen molar-refractivity contribution in [2.75, 3.05) is 0 Å². The van der Waals surface area contributed by atoms with Gasteiger partial charge in [0.15, 0.2) is 0 Å². The van der Waals surface area contributed by atoms with Crippen LogP contribution in [0.3, 0.4) is 0 Å². The van der Waals surface area contributed by atoms with Crippen molar-refractivity contribution in [1.29, 1.82) is 0 Å². The van der Waals surface area contributed by atoms with Crippen molar-refractivity contribution in [3.05, 3.63) is 0 Å². The number of nitrogens with two attached hydrogens (primary N) is 1. The Hall–Kier alpha value is 0.480. The van der Waals surface area contributed by atoms with Crippen molar-refractivity contribution in [1.82, 2.24) is 4.90 Å². The third kappa shape index (κ3) is 2.52. The number of fused-ring (bicyclic) bond motifs is 4. The maximum absolute atomic E-state index is 5.93. The minimum atomic E-state index is 0.366. The maximum atomic E-state index is 5.93. The molecule has 0 saturated heterocycles. The second kappa shape index (κ2) is 5.78. The zero-order valence-electron chi connectivity index (χ0n) is 12.9. The third-order valence-electron chi connectivity index (χ3n) is 6.74. The van der Waals surface area contributed by atoms with E-state index in [-0.39, 0.29) is 0 Å². The van der Waals surface area contributed by atoms with Crippen LogP contribution < -0.4 is 5.73 Å². The summed E-state index contributed by atoms with van der Waals surface area (Å²) in [5.74, 6) is 1.90. The highest BCUT2D eigenvalue weighted by molar-refractivity contribution is 8.89. The van der Waals surface area contributed by atoms with Crippen LogP contribution in [-0.4, -0.2) is 24.6 Å². The van der Waals surface area contributed by atoms with Gasteiger partial charge in [0.1, 0.15) is 8.64 Å². The van der Waals surface area contributed by atoms with Gasteiger partial charge in [0.25, 0.3) is 0 Å². The lowest BCUT2D eigenvalue weighted by atomic mass is 9.84. The van der Waals surface area contributed by atoms with Crippen molar-refractivity contribution in [3.63, 3.8) is 0 Å². The van der Waals surface area contributed by atoms with E-state index in [1.165, 1.54) is 75.0 Å². The fraction of sp³-hybridized carbons (Fsp3) is 0.875. The first-order chi connectivity index (χ1) is 10.5. The summed E-state index contributed by atoms with van der Waals surface area (Å²) in [5, 5.41) is 0. The van der Waals surface area contributed by atoms with E-state index < -0.39 is 0 Å². The van der Waals surface area contributed by atoms with Gasteiger partial charge in [0.05, 0.1) is 0 Å². The van der Waals surface area contributed by atoms with Gasteiger partial charge >= 0.3 is 0 Å². The second-order valence-electron chi connectivity index (χ2n) is 7.83. The van der Waals surface area contributed by atoms with Crippen LogP contribution in [-0.2, 0) is 0 Å². The first-order valence-corrected chi connectivity index (χ1v) is 11.5. The smallest absolute Gasteiger partial charge is 0.148 e. The molecule has 0 spiro atoms. The molecule has 2 nitrogen and oxygen atoms in total. The molecule has 0 aromatic rings. The molecule has 0 aromatic carbocycles. The zero-order valence-corrected chi connectivity index (χ0v) is 16.1. The Labute approximate surface area is 152 Å². The second-order valence-corrected chi connectivity index (χ2v) is 11.3. The highest BCUT2D eigenvalue weighted by atomic mass is 33.1. The summed E-state index contributed by atoms with van der Waals surface area (Å²) in [6, 6.07) is 0. The molecule has 4 rings (SSSR count). The zero-order chi connectivity index (χ0) is 15.4. The summed E-state index contributed by atoms with van der Waals surface area (Å²) in [5.41, 5.74) is 6.42. The van der Waals surface area contributed by atoms with Crippen molar-refractivity contribution >= 4 is 54.7 Å². The minimum absolute atomic E-state index is 0.366. The first-order valence-electron chi connectivity index (χ1n) is 8.51. The topological polar surface area (TPSA) is 29.3 Å². The molecule has 4 fully saturated rings. The van der Waals surface area contributed by atoms with E-state index in [1.807, 2.05) is 0 Å². The van der Waals surface area contributed by atoms with Gasteiger partial charge in [-0.1, -0.05) is 24.4 Å². The molecule has 22 heavy (non-hydrogen) atoms. The minimum Gasteiger partial charge on any atom is -0.384 e. The van der Waals surface area contributed by atoms with E-state index in [1.54, 1.807) is 10.8 Å². The number of thiocarbonyl (C=S) groups is 2. The van der Waals surface area contributed by atoms with E-state index in [2.05, 4.69) is 4.90 Å². The van der Waals surface area contributed by atoms with Gasteiger partial charge in [-0.15, -0.1) is 0 Å². The first kappa shape index (κ1) is 16.0. The molecule has 0 unspecified atom stereocenters. The largest absolute Gasteiger partial charge is 0.384 e. The summed E-state index contributed by atoms with van der Waals surface area (Å²) >= 11 is 11.0. The molecule has 6 heteroatoms. The van der Waals surface area contributed by atoms with E-state index >= 15 is 0 Å². The Kier molecular flexibility index (Phi) is 4.20. The standard InChI is InChI=1S/C16H24N2S4/c17-13(19)21-22-14(20)18(15-5-1-11(9-15)2-6-15)16-7-3-12(10-16)4-8-16/h11-12H,1-10H2,(H2,17,19). The van der Waals surface area contributed by atoms with E-state index in [9.17, 15) is 0 Å². The molecule has 0 radical (unpaired) electrons. The number of nitrogens with zero attached hydrogens (tertiary/aromatic N) is 1. The molecule has 4 aliphatic carbocycles. The van der Waals surface area contributed by atoms with E-state index in [0.29, 0.717) is 15.4 Å². The van der Waals surface area contributed by atoms with Gasteiger partial charge in [-0.25, -0.2) is 0 Å². The fourth-order valence-corrected chi connectivity index (χ4v) is 8.25. The van der Waals surface area contributed by atoms with Crippen LogP contribution in [0, 0.1) is 11.8 Å². The average molecular weight is 373 g/mol. The Bertz CT molecular complexity index is 460. The monoisotopic (exact) mass is 372 g/mol. The molecule has 4 bridgehead atoms. The van der Waals surface area contributed by atoms with Crippen LogP contribution in [0.1, 0.15) is 64.2 Å². The number of hydrogen-bond donors (Lipinski definition) is 1. The molecule has 4 aliphatic rings. The predicted molar refractivity (Wildman–Crippen MR) is 105 cm³/mol. The molecule has 0 aromatic heterocycles. The highest BCUT2D eigenvalue weighted by Crippen LogP contribution is 2.60. The van der Waals surface area contributed by atoms with Gasteiger partial charge in [-0.2, -0.15) is 0 Å². The molecule has 0 heterocycles. The molecule has 0 atom stereocenters. The maximum Gasteiger partial charge on any atom is 0.148 e. The average Bonchev–Trinajstić information content (AvgIpc) is 3.25. The Morgan fingerprint density at radius 2 is 1.32 bits per heavy atom. The molecule has 4 saturated carbocycles. The fourth-order valence-electron chi connectivity index (χ4n) is 5.96. The van der Waals surface area contributed by atoms with Gasteiger partial charge in [0, 0.05) is 11.1 Å². The van der Waals surface area contributed by atoms with Gasteiger partial charge in [0.2, 0.25) is 0 Å². The summed E-state index contributed by atoms with van der Waals surface area (Å²) in [4.78, 5) is 2.76. The van der Waals surface area contributed by atoms with Crippen LogP contribution in [0.4, 0.5) is 0 Å². The SMILES string of the molecule is NC(=S)SSC(=S)N(C12CCC(CC1)C2)C12CCC(CC1)C2. The third-order valence-corrected chi connectivity index (χ3v) is 9.89. The van der Waals surface area contributed by atoms with Crippen LogP contribution >= 0.6 is 46.0 Å². The molecule has 0 amide bonds. The quantitative estimate of drug-likeness (QED) is 0.550. The van der Waals surface area contributed by atoms with E-state index in [4.69, 9.17) is 30.2 Å². The molecular weight excluding hydrogens is 348 g/mol. The summed E-state index contributed by atoms with van der Waals surface area (Å²) in [6.45, 7) is 0. The lowest BCUT2D eigenvalue weighted by Gasteiger charge is -2.52. The predicted octanol–water partition coefficient (Wildman–Crippen LogP) is 4.86. The summed E-state index contributed by atoms with van der Waals surface area (Å²) in [7, 11) is 3.11. The summed E-state index contributed by atoms with van der Waals surface area (Å²) in [6.07, 6.45) is 13.8. The number of rotatable bonds is 2. The lowest BCUT2D eigenvalue weighted by molar-refractivity contribution is 0.0627. The van der Waals surface area contributed by atoms with Gasteiger partial charge < -0.3 is 10.6 Å². The number of hydrogen-bond acceptors (Lipinski definition) is 4. The lowest BCUT2D eigenvalue weighted by Crippen LogP contribution is -2.59. The molecule has 0 aliphatic heterocycles. The highest BCUT2D eigenvalue weighted by Gasteiger charge is 2.59. The van der Waals surface area contributed by atoms with Gasteiger partial charge in [-0.05, 0) is 97.6 Å². The van der Waals surface area contributed by atoms with Crippen molar-refractivity contribution < 1.29 is 0 Å². The Balaban J connectivity index is 1.63. The van der Waals surface area contributed by atoms with Crippen LogP contribution in [0.2, 0.25) is 0 Å². The van der Waals surface area contributed by atoms with E-state index in [0.717, 1.165) is 16.2 Å². The normalized spacial score (nSPS) is 42.0. The Morgan fingerprint density at radius 1 is 0.864 bits per heavy atom. The van der Waals surface area contributed by atoms with Crippen molar-refractivity contribution in [2.24, 2.45) is 17.6 Å². The molecular formula is C16H24N2S4. The van der Waals surface area contributed by atoms with Gasteiger partial charge in [-0.3, -0.25) is 0 Å². The molecule has 122 valence electrons. The van der Waals surface area contributed by atoms with Crippen LogP contribution in [0.5, 0.6) is 0 Å². The molecule has 2 N–H and O–H groups in total.